The van der Waals surface area contributed by atoms with E-state index in [9.17, 15) is 22.4 Å². The Morgan fingerprint density at radius 3 is 2.27 bits per heavy atom. The van der Waals surface area contributed by atoms with Crippen LogP contribution in [0.1, 0.15) is 18.1 Å². The summed E-state index contributed by atoms with van der Waals surface area (Å²) in [6.07, 6.45) is 1.18. The number of sulfonamides is 1. The molecule has 10 heteroatoms. The minimum atomic E-state index is -3.95. The highest BCUT2D eigenvalue weighted by Gasteiger charge is 2.32. The van der Waals surface area contributed by atoms with Crippen LogP contribution in [-0.2, 0) is 32.6 Å². The highest BCUT2D eigenvalue weighted by molar-refractivity contribution is 9.10. The zero-order chi connectivity index (χ0) is 27.0. The molecule has 37 heavy (non-hydrogen) atoms. The van der Waals surface area contributed by atoms with E-state index in [2.05, 4.69) is 21.2 Å². The molecule has 3 aromatic rings. The van der Waals surface area contributed by atoms with Gasteiger partial charge in [0.05, 0.1) is 11.9 Å². The van der Waals surface area contributed by atoms with Crippen LogP contribution in [0.3, 0.4) is 0 Å². The van der Waals surface area contributed by atoms with Gasteiger partial charge in [0, 0.05) is 24.0 Å². The number of likely N-dealkylation sites (N-methyl/N-ethyl adjacent to an activating group) is 1. The van der Waals surface area contributed by atoms with Gasteiger partial charge < -0.3 is 10.2 Å². The number of nitrogens with one attached hydrogen (secondary N) is 1. The van der Waals surface area contributed by atoms with Gasteiger partial charge in [-0.05, 0) is 48.4 Å². The molecule has 0 aliphatic carbocycles. The van der Waals surface area contributed by atoms with Gasteiger partial charge in [0.25, 0.3) is 0 Å². The number of nitrogens with zero attached hydrogens (tertiary/aromatic N) is 2. The lowest BCUT2D eigenvalue weighted by Crippen LogP contribution is -2.53. The number of benzene rings is 3. The molecule has 1 N–H and O–H groups in total. The van der Waals surface area contributed by atoms with Crippen molar-refractivity contribution in [2.75, 3.05) is 23.7 Å². The summed E-state index contributed by atoms with van der Waals surface area (Å²) < 4.78 is 40.9. The van der Waals surface area contributed by atoms with Crippen LogP contribution < -0.4 is 9.62 Å². The summed E-state index contributed by atoms with van der Waals surface area (Å²) in [6, 6.07) is 20.7. The Morgan fingerprint density at radius 2 is 1.65 bits per heavy atom. The van der Waals surface area contributed by atoms with Crippen molar-refractivity contribution in [2.45, 2.75) is 25.9 Å². The number of carbonyl (C=O) groups excluding carboxylic acids is 2. The molecule has 3 rings (SSSR count). The van der Waals surface area contributed by atoms with Gasteiger partial charge in [-0.2, -0.15) is 0 Å². The molecule has 0 heterocycles. The van der Waals surface area contributed by atoms with Crippen molar-refractivity contribution in [3.63, 3.8) is 0 Å². The van der Waals surface area contributed by atoms with E-state index in [0.29, 0.717) is 6.54 Å². The Kier molecular flexibility index (Phi) is 9.82. The lowest BCUT2D eigenvalue weighted by Gasteiger charge is -2.33. The first-order valence-electron chi connectivity index (χ1n) is 11.7. The first-order valence-corrected chi connectivity index (χ1v) is 14.3. The number of halogens is 2. The molecule has 0 radical (unpaired) electrons. The number of carbonyl (C=O) groups is 2. The van der Waals surface area contributed by atoms with Gasteiger partial charge in [0.2, 0.25) is 21.8 Å². The summed E-state index contributed by atoms with van der Waals surface area (Å²) in [7, 11) is -3.95. The van der Waals surface area contributed by atoms with E-state index < -0.39 is 34.3 Å². The quantitative estimate of drug-likeness (QED) is 0.364. The van der Waals surface area contributed by atoms with Gasteiger partial charge in [0.15, 0.2) is 0 Å². The van der Waals surface area contributed by atoms with Crippen LogP contribution in [0.4, 0.5) is 10.1 Å². The first kappa shape index (κ1) is 28.3. The van der Waals surface area contributed by atoms with Crippen molar-refractivity contribution in [3.05, 3.63) is 100 Å². The first-order chi connectivity index (χ1) is 17.6. The van der Waals surface area contributed by atoms with E-state index in [1.807, 2.05) is 54.6 Å². The Hall–Kier alpha value is -3.24. The summed E-state index contributed by atoms with van der Waals surface area (Å²) >= 11 is 3.43. The second-order valence-electron chi connectivity index (χ2n) is 8.50. The van der Waals surface area contributed by atoms with Crippen LogP contribution >= 0.6 is 15.9 Å². The van der Waals surface area contributed by atoms with Crippen molar-refractivity contribution in [2.24, 2.45) is 0 Å². The predicted octanol–water partition coefficient (Wildman–Crippen LogP) is 4.13. The minimum absolute atomic E-state index is 0.0240. The molecule has 3 aromatic carbocycles. The van der Waals surface area contributed by atoms with Crippen molar-refractivity contribution >= 4 is 43.5 Å². The lowest BCUT2D eigenvalue weighted by atomic mass is 10.0. The average molecular weight is 591 g/mol. The zero-order valence-corrected chi connectivity index (χ0v) is 23.0. The fourth-order valence-corrected chi connectivity index (χ4v) is 5.21. The van der Waals surface area contributed by atoms with E-state index in [-0.39, 0.29) is 24.6 Å². The van der Waals surface area contributed by atoms with Gasteiger partial charge in [0.1, 0.15) is 18.4 Å². The Morgan fingerprint density at radius 1 is 0.973 bits per heavy atom. The molecule has 0 fully saturated rings. The van der Waals surface area contributed by atoms with Crippen LogP contribution in [-0.4, -0.2) is 50.5 Å². The van der Waals surface area contributed by atoms with E-state index >= 15 is 0 Å². The third-order valence-electron chi connectivity index (χ3n) is 5.64. The second-order valence-corrected chi connectivity index (χ2v) is 11.3. The van der Waals surface area contributed by atoms with Crippen LogP contribution in [0.15, 0.2) is 83.3 Å². The van der Waals surface area contributed by atoms with Crippen LogP contribution in [0.2, 0.25) is 0 Å². The standard InChI is InChI=1S/C27H29BrFN3O4S/c1-3-30-27(34)25(16-20-9-5-4-6-10-20)31(18-21-11-7-12-22(28)15-21)26(33)19-32(37(2,35)36)24-14-8-13-23(29)17-24/h4-15,17,25H,3,16,18-19H2,1-2H3,(H,30,34)/t25-/m1/s1. The monoisotopic (exact) mass is 589 g/mol. The molecule has 0 saturated carbocycles. The summed E-state index contributed by atoms with van der Waals surface area (Å²) in [5.41, 5.74) is 1.62. The highest BCUT2D eigenvalue weighted by atomic mass is 79.9. The molecule has 2 amide bonds. The topological polar surface area (TPSA) is 86.8 Å². The molecule has 7 nitrogen and oxygen atoms in total. The van der Waals surface area contributed by atoms with Crippen molar-refractivity contribution in [1.82, 2.24) is 10.2 Å². The summed E-state index contributed by atoms with van der Waals surface area (Å²) in [5, 5.41) is 2.80. The average Bonchev–Trinajstić information content (AvgIpc) is 2.84. The van der Waals surface area contributed by atoms with Crippen molar-refractivity contribution < 1.29 is 22.4 Å². The molecule has 0 unspecified atom stereocenters. The number of anilines is 1. The van der Waals surface area contributed by atoms with Crippen LogP contribution in [0, 0.1) is 5.82 Å². The second kappa shape index (κ2) is 12.8. The molecule has 1 atom stereocenters. The fourth-order valence-electron chi connectivity index (χ4n) is 3.92. The van der Waals surface area contributed by atoms with Gasteiger partial charge in [-0.15, -0.1) is 0 Å². The maximum atomic E-state index is 13.9. The maximum absolute atomic E-state index is 13.9. The third-order valence-corrected chi connectivity index (χ3v) is 7.27. The summed E-state index contributed by atoms with van der Waals surface area (Å²) in [4.78, 5) is 28.5. The number of rotatable bonds is 11. The molecule has 196 valence electrons. The fraction of sp³-hybridized carbons (Fsp3) is 0.259. The summed E-state index contributed by atoms with van der Waals surface area (Å²) in [5.74, 6) is -1.58. The lowest BCUT2D eigenvalue weighted by molar-refractivity contribution is -0.140. The predicted molar refractivity (Wildman–Crippen MR) is 146 cm³/mol. The number of amides is 2. The normalized spacial score (nSPS) is 12.0. The number of hydrogen-bond acceptors (Lipinski definition) is 4. The van der Waals surface area contributed by atoms with Gasteiger partial charge in [-0.25, -0.2) is 12.8 Å². The molecular weight excluding hydrogens is 561 g/mol. The number of hydrogen-bond donors (Lipinski definition) is 1. The van der Waals surface area contributed by atoms with E-state index in [1.54, 1.807) is 6.92 Å². The SMILES string of the molecule is CCNC(=O)[C@@H](Cc1ccccc1)N(Cc1cccc(Br)c1)C(=O)CN(c1cccc(F)c1)S(C)(=O)=O. The zero-order valence-electron chi connectivity index (χ0n) is 20.6. The maximum Gasteiger partial charge on any atom is 0.244 e. The van der Waals surface area contributed by atoms with E-state index in [0.717, 1.165) is 32.2 Å². The Labute approximate surface area is 225 Å². The highest BCUT2D eigenvalue weighted by Crippen LogP contribution is 2.22. The third kappa shape index (κ3) is 8.13. The van der Waals surface area contributed by atoms with Crippen molar-refractivity contribution in [3.8, 4) is 0 Å². The minimum Gasteiger partial charge on any atom is -0.355 e. The van der Waals surface area contributed by atoms with Gasteiger partial charge >= 0.3 is 0 Å². The van der Waals surface area contributed by atoms with Crippen LogP contribution in [0.5, 0.6) is 0 Å². The molecule has 0 aliphatic rings. The Balaban J connectivity index is 2.04. The molecule has 0 saturated heterocycles. The van der Waals surface area contributed by atoms with Crippen molar-refractivity contribution in [1.29, 1.82) is 0 Å². The van der Waals surface area contributed by atoms with E-state index in [4.69, 9.17) is 0 Å². The molecule has 0 spiro atoms. The van der Waals surface area contributed by atoms with E-state index in [1.165, 1.54) is 23.1 Å². The molecular formula is C27H29BrFN3O4S. The Bertz CT molecular complexity index is 1340. The largest absolute Gasteiger partial charge is 0.355 e. The smallest absolute Gasteiger partial charge is 0.244 e. The van der Waals surface area contributed by atoms with Crippen LogP contribution in [0.25, 0.3) is 0 Å². The molecule has 0 aromatic heterocycles. The molecule has 0 bridgehead atoms. The molecule has 0 aliphatic heterocycles. The summed E-state index contributed by atoms with van der Waals surface area (Å²) in [6.45, 7) is 1.61. The van der Waals surface area contributed by atoms with Gasteiger partial charge in [-0.3, -0.25) is 13.9 Å². The van der Waals surface area contributed by atoms with Gasteiger partial charge in [-0.1, -0.05) is 64.5 Å².